The van der Waals surface area contributed by atoms with Gasteiger partial charge in [-0.2, -0.15) is 0 Å². The molecule has 0 aliphatic heterocycles. The van der Waals surface area contributed by atoms with Crippen LogP contribution in [0.3, 0.4) is 0 Å². The van der Waals surface area contributed by atoms with Crippen molar-refractivity contribution in [1.29, 1.82) is 0 Å². The fourth-order valence-electron chi connectivity index (χ4n) is 6.60. The van der Waals surface area contributed by atoms with Crippen molar-refractivity contribution < 1.29 is 0 Å². The second-order valence-electron chi connectivity index (χ2n) is 11.4. The average Bonchev–Trinajstić information content (AvgIpc) is 3.18. The molecule has 0 fully saturated rings. The lowest BCUT2D eigenvalue weighted by Gasteiger charge is -2.29. The van der Waals surface area contributed by atoms with Crippen LogP contribution < -0.4 is 4.90 Å². The first-order valence-corrected chi connectivity index (χ1v) is 14.7. The van der Waals surface area contributed by atoms with Gasteiger partial charge in [-0.1, -0.05) is 79.8 Å². The van der Waals surface area contributed by atoms with Crippen LogP contribution in [0.25, 0.3) is 17.8 Å². The topological polar surface area (TPSA) is 8.17 Å². The van der Waals surface area contributed by atoms with Crippen molar-refractivity contribution in [3.63, 3.8) is 0 Å². The number of aromatic nitrogens is 1. The van der Waals surface area contributed by atoms with E-state index in [-0.39, 0.29) is 0 Å². The Kier molecular flexibility index (Phi) is 6.61. The van der Waals surface area contributed by atoms with E-state index in [4.69, 9.17) is 0 Å². The number of anilines is 2. The fourth-order valence-corrected chi connectivity index (χ4v) is 6.60. The van der Waals surface area contributed by atoms with Crippen LogP contribution in [0.1, 0.15) is 60.2 Å². The van der Waals surface area contributed by atoms with E-state index in [1.165, 1.54) is 46.1 Å². The van der Waals surface area contributed by atoms with E-state index < -0.39 is 0 Å². The first-order chi connectivity index (χ1) is 19.8. The zero-order valence-electron chi connectivity index (χ0n) is 23.2. The summed E-state index contributed by atoms with van der Waals surface area (Å²) in [4.78, 5) is 2.35. The third-order valence-electron chi connectivity index (χ3n) is 8.61. The lowest BCUT2D eigenvalue weighted by Crippen LogP contribution is -2.17. The first-order valence-electron chi connectivity index (χ1n) is 14.7. The van der Waals surface area contributed by atoms with Gasteiger partial charge in [-0.05, 0) is 109 Å². The molecule has 0 bridgehead atoms. The number of fused-ring (bicyclic) bond motifs is 3. The van der Waals surface area contributed by atoms with E-state index in [2.05, 4.69) is 144 Å². The molecule has 3 aliphatic rings. The summed E-state index contributed by atoms with van der Waals surface area (Å²) in [5, 5.41) is 0. The van der Waals surface area contributed by atoms with Gasteiger partial charge in [-0.3, -0.25) is 0 Å². The largest absolute Gasteiger partial charge is 0.311 e. The quantitative estimate of drug-likeness (QED) is 0.254. The summed E-state index contributed by atoms with van der Waals surface area (Å²) in [6, 6.07) is 30.6. The van der Waals surface area contributed by atoms with Crippen molar-refractivity contribution in [2.24, 2.45) is 5.92 Å². The van der Waals surface area contributed by atoms with Gasteiger partial charge >= 0.3 is 0 Å². The van der Waals surface area contributed by atoms with Crippen LogP contribution in [0, 0.1) is 5.92 Å². The van der Waals surface area contributed by atoms with E-state index in [0.29, 0.717) is 11.8 Å². The zero-order chi connectivity index (χ0) is 26.9. The Bertz CT molecular complexity index is 1580. The predicted molar refractivity (Wildman–Crippen MR) is 169 cm³/mol. The SMILES string of the molecule is CC1CC=Cc2c(c3c(n2-c2ccc(C4C=CC(N(c5ccccc5)c5ccccc5)=CC4)cc2)C=CCC3)C1. The monoisotopic (exact) mass is 520 g/mol. The van der Waals surface area contributed by atoms with Crippen LogP contribution >= 0.6 is 0 Å². The molecule has 3 aromatic carbocycles. The summed E-state index contributed by atoms with van der Waals surface area (Å²) in [5.41, 5.74) is 12.1. The van der Waals surface area contributed by atoms with Crippen LogP contribution in [-0.4, -0.2) is 4.57 Å². The molecule has 2 unspecified atom stereocenters. The van der Waals surface area contributed by atoms with E-state index >= 15 is 0 Å². The summed E-state index contributed by atoms with van der Waals surface area (Å²) >= 11 is 0. The molecule has 0 radical (unpaired) electrons. The molecule has 7 rings (SSSR count). The first kappa shape index (κ1) is 24.7. The molecule has 0 saturated carbocycles. The summed E-state index contributed by atoms with van der Waals surface area (Å²) in [5.74, 6) is 1.07. The molecule has 0 N–H and O–H groups in total. The molecular formula is C38H36N2. The van der Waals surface area contributed by atoms with Crippen molar-refractivity contribution >= 4 is 23.5 Å². The van der Waals surface area contributed by atoms with Crippen LogP contribution in [-0.2, 0) is 12.8 Å². The maximum absolute atomic E-state index is 2.50. The summed E-state index contributed by atoms with van der Waals surface area (Å²) in [7, 11) is 0. The number of rotatable bonds is 5. The van der Waals surface area contributed by atoms with Crippen molar-refractivity contribution in [2.75, 3.05) is 4.90 Å². The number of nitrogens with zero attached hydrogens (tertiary/aromatic N) is 2. The molecule has 3 aliphatic carbocycles. The number of benzene rings is 3. The number of para-hydroxylation sites is 2. The van der Waals surface area contributed by atoms with Gasteiger partial charge in [0.15, 0.2) is 0 Å². The van der Waals surface area contributed by atoms with Crippen LogP contribution in [0.15, 0.2) is 121 Å². The summed E-state index contributed by atoms with van der Waals surface area (Å²) in [6.45, 7) is 2.38. The van der Waals surface area contributed by atoms with Gasteiger partial charge in [0.2, 0.25) is 0 Å². The van der Waals surface area contributed by atoms with Crippen molar-refractivity contribution in [3.05, 3.63) is 149 Å². The minimum atomic E-state index is 0.377. The molecule has 2 atom stereocenters. The van der Waals surface area contributed by atoms with Crippen molar-refractivity contribution in [1.82, 2.24) is 4.57 Å². The Hall–Kier alpha value is -4.30. The molecule has 0 amide bonds. The van der Waals surface area contributed by atoms with Crippen molar-refractivity contribution in [3.8, 4) is 5.69 Å². The number of hydrogen-bond acceptors (Lipinski definition) is 1. The maximum Gasteiger partial charge on any atom is 0.0494 e. The Morgan fingerprint density at radius 3 is 2.05 bits per heavy atom. The number of allylic oxidation sites excluding steroid dienone is 5. The maximum atomic E-state index is 2.50. The van der Waals surface area contributed by atoms with Gasteiger partial charge in [-0.25, -0.2) is 0 Å². The highest BCUT2D eigenvalue weighted by atomic mass is 15.1. The smallest absolute Gasteiger partial charge is 0.0494 e. The molecule has 0 spiro atoms. The van der Waals surface area contributed by atoms with Crippen LogP contribution in [0.5, 0.6) is 0 Å². The molecule has 198 valence electrons. The molecule has 0 saturated heterocycles. The third-order valence-corrected chi connectivity index (χ3v) is 8.61. The van der Waals surface area contributed by atoms with Gasteiger partial charge in [0.25, 0.3) is 0 Å². The zero-order valence-corrected chi connectivity index (χ0v) is 23.2. The fraction of sp³-hybridized carbons (Fsp3) is 0.211. The Labute approximate surface area is 238 Å². The van der Waals surface area contributed by atoms with Crippen LogP contribution in [0.2, 0.25) is 0 Å². The molecule has 1 heterocycles. The third kappa shape index (κ3) is 4.58. The molecule has 40 heavy (non-hydrogen) atoms. The van der Waals surface area contributed by atoms with E-state index in [9.17, 15) is 0 Å². The van der Waals surface area contributed by atoms with E-state index in [1.807, 2.05) is 0 Å². The molecule has 4 aromatic rings. The summed E-state index contributed by atoms with van der Waals surface area (Å²) < 4.78 is 2.50. The molecular weight excluding hydrogens is 484 g/mol. The molecule has 2 heteroatoms. The minimum absolute atomic E-state index is 0.377. The van der Waals surface area contributed by atoms with E-state index in [1.54, 1.807) is 11.1 Å². The van der Waals surface area contributed by atoms with Gasteiger partial charge in [0, 0.05) is 40.1 Å². The predicted octanol–water partition coefficient (Wildman–Crippen LogP) is 9.80. The normalized spacial score (nSPS) is 19.5. The molecule has 1 aromatic heterocycles. The Morgan fingerprint density at radius 2 is 1.38 bits per heavy atom. The average molecular weight is 521 g/mol. The highest BCUT2D eigenvalue weighted by Gasteiger charge is 2.25. The van der Waals surface area contributed by atoms with Gasteiger partial charge in [0.1, 0.15) is 0 Å². The lowest BCUT2D eigenvalue weighted by atomic mass is 9.91. The van der Waals surface area contributed by atoms with Gasteiger partial charge in [-0.15, -0.1) is 0 Å². The molecule has 2 nitrogen and oxygen atoms in total. The second kappa shape index (κ2) is 10.7. The highest BCUT2D eigenvalue weighted by molar-refractivity contribution is 5.71. The lowest BCUT2D eigenvalue weighted by molar-refractivity contribution is 0.591. The highest BCUT2D eigenvalue weighted by Crippen LogP contribution is 2.38. The Balaban J connectivity index is 1.17. The number of hydrogen-bond donors (Lipinski definition) is 0. The minimum Gasteiger partial charge on any atom is -0.311 e. The second-order valence-corrected chi connectivity index (χ2v) is 11.4. The summed E-state index contributed by atoms with van der Waals surface area (Å²) in [6.07, 6.45) is 22.1. The Morgan fingerprint density at radius 1 is 0.700 bits per heavy atom. The van der Waals surface area contributed by atoms with Gasteiger partial charge in [0.05, 0.1) is 0 Å². The van der Waals surface area contributed by atoms with E-state index in [0.717, 1.165) is 25.7 Å². The standard InChI is InChI=1S/C38H36N2/c1-28-11-10-18-38-36(27-28)35-16-8-9-17-37(35)40(38)34-25-21-30(22-26-34)29-19-23-33(24-20-29)39(31-12-4-2-5-13-31)32-14-6-3-7-15-32/h2-7,9-10,12-15,17-19,21-26,28-29H,8,11,16,20,27H2,1H3. The van der Waals surface area contributed by atoms with Gasteiger partial charge < -0.3 is 9.47 Å². The van der Waals surface area contributed by atoms with Crippen LogP contribution in [0.4, 0.5) is 11.4 Å². The van der Waals surface area contributed by atoms with Crippen molar-refractivity contribution in [2.45, 2.75) is 44.9 Å².